The molecule has 0 saturated heterocycles. The number of sulfonamides is 1. The van der Waals surface area contributed by atoms with Crippen LogP contribution >= 0.6 is 0 Å². The Hall–Kier alpha value is -2.54. The molecular formula is C18H22N2O4S. The maximum Gasteiger partial charge on any atom is 0.248 e. The second-order valence-corrected chi connectivity index (χ2v) is 7.37. The van der Waals surface area contributed by atoms with E-state index < -0.39 is 22.0 Å². The monoisotopic (exact) mass is 362 g/mol. The van der Waals surface area contributed by atoms with E-state index in [1.807, 2.05) is 0 Å². The topological polar surface area (TPSA) is 75.7 Å². The lowest BCUT2D eigenvalue weighted by Gasteiger charge is -2.30. The van der Waals surface area contributed by atoms with Crippen LogP contribution in [0.2, 0.25) is 0 Å². The predicted octanol–water partition coefficient (Wildman–Crippen LogP) is 2.88. The number of benzene rings is 2. The number of anilines is 2. The Morgan fingerprint density at radius 2 is 1.72 bits per heavy atom. The number of nitrogens with one attached hydrogen (secondary N) is 1. The fourth-order valence-electron chi connectivity index (χ4n) is 2.60. The number of nitrogens with zero attached hydrogens (tertiary/aromatic N) is 1. The van der Waals surface area contributed by atoms with Crippen molar-refractivity contribution in [3.05, 3.63) is 54.6 Å². The van der Waals surface area contributed by atoms with E-state index in [1.54, 1.807) is 61.5 Å². The normalized spacial score (nSPS) is 12.3. The average molecular weight is 362 g/mol. The van der Waals surface area contributed by atoms with Crippen LogP contribution in [0.25, 0.3) is 0 Å². The summed E-state index contributed by atoms with van der Waals surface area (Å²) in [4.78, 5) is 12.8. The second-order valence-electron chi connectivity index (χ2n) is 5.51. The first-order valence-electron chi connectivity index (χ1n) is 7.86. The molecule has 0 aliphatic carbocycles. The highest BCUT2D eigenvalue weighted by molar-refractivity contribution is 7.92. The zero-order chi connectivity index (χ0) is 18.4. The van der Waals surface area contributed by atoms with Gasteiger partial charge >= 0.3 is 0 Å². The number of rotatable bonds is 7. The van der Waals surface area contributed by atoms with Gasteiger partial charge in [-0.25, -0.2) is 8.42 Å². The van der Waals surface area contributed by atoms with E-state index in [9.17, 15) is 13.2 Å². The van der Waals surface area contributed by atoms with Crippen molar-refractivity contribution >= 4 is 27.3 Å². The van der Waals surface area contributed by atoms with Gasteiger partial charge in [-0.15, -0.1) is 0 Å². The molecule has 1 amide bonds. The first kappa shape index (κ1) is 18.8. The Morgan fingerprint density at radius 3 is 2.28 bits per heavy atom. The quantitative estimate of drug-likeness (QED) is 0.822. The molecule has 0 saturated carbocycles. The molecule has 2 aromatic rings. The number of carbonyl (C=O) groups excluding carboxylic acids is 1. The first-order valence-corrected chi connectivity index (χ1v) is 9.71. The van der Waals surface area contributed by atoms with Gasteiger partial charge in [0.2, 0.25) is 15.9 Å². The van der Waals surface area contributed by atoms with E-state index in [2.05, 4.69) is 5.32 Å². The molecule has 1 N–H and O–H groups in total. The molecule has 0 heterocycles. The molecule has 2 aromatic carbocycles. The Bertz CT molecular complexity index is 822. The molecular weight excluding hydrogens is 340 g/mol. The first-order chi connectivity index (χ1) is 11.9. The largest absolute Gasteiger partial charge is 0.495 e. The minimum absolute atomic E-state index is 0.322. The maximum atomic E-state index is 12.8. The highest BCUT2D eigenvalue weighted by atomic mass is 32.2. The summed E-state index contributed by atoms with van der Waals surface area (Å²) in [6, 6.07) is 14.7. The van der Waals surface area contributed by atoms with Crippen LogP contribution in [-0.2, 0) is 14.8 Å². The molecule has 0 aliphatic heterocycles. The third kappa shape index (κ3) is 4.51. The Labute approximate surface area is 148 Å². The molecule has 0 aliphatic rings. The predicted molar refractivity (Wildman–Crippen MR) is 99.5 cm³/mol. The van der Waals surface area contributed by atoms with E-state index in [-0.39, 0.29) is 0 Å². The SMILES string of the molecule is CC[C@@H](C(=O)Nc1ccccc1OC)N(c1ccccc1)S(C)(=O)=O. The van der Waals surface area contributed by atoms with Gasteiger partial charge in [0.1, 0.15) is 11.8 Å². The fourth-order valence-corrected chi connectivity index (χ4v) is 3.81. The number of amides is 1. The Balaban J connectivity index is 2.36. The van der Waals surface area contributed by atoms with Crippen LogP contribution in [0.1, 0.15) is 13.3 Å². The number of hydrogen-bond donors (Lipinski definition) is 1. The summed E-state index contributed by atoms with van der Waals surface area (Å²) in [5.41, 5.74) is 0.946. The van der Waals surface area contributed by atoms with E-state index in [1.165, 1.54) is 7.11 Å². The average Bonchev–Trinajstić information content (AvgIpc) is 2.59. The minimum atomic E-state index is -3.64. The van der Waals surface area contributed by atoms with Gasteiger partial charge in [-0.05, 0) is 30.7 Å². The van der Waals surface area contributed by atoms with Gasteiger partial charge in [-0.3, -0.25) is 9.10 Å². The summed E-state index contributed by atoms with van der Waals surface area (Å²) in [6.45, 7) is 1.77. The molecule has 2 rings (SSSR count). The number of para-hydroxylation sites is 3. The van der Waals surface area contributed by atoms with Crippen LogP contribution < -0.4 is 14.4 Å². The van der Waals surface area contributed by atoms with Crippen LogP contribution in [-0.4, -0.2) is 33.7 Å². The molecule has 0 fully saturated rings. The van der Waals surface area contributed by atoms with Crippen molar-refractivity contribution in [3.8, 4) is 5.75 Å². The number of hydrogen-bond acceptors (Lipinski definition) is 4. The Kier molecular flexibility index (Phi) is 6.03. The minimum Gasteiger partial charge on any atom is -0.495 e. The highest BCUT2D eigenvalue weighted by Gasteiger charge is 2.31. The highest BCUT2D eigenvalue weighted by Crippen LogP contribution is 2.26. The van der Waals surface area contributed by atoms with E-state index in [4.69, 9.17) is 4.74 Å². The molecule has 6 nitrogen and oxygen atoms in total. The van der Waals surface area contributed by atoms with Gasteiger partial charge in [0.25, 0.3) is 0 Å². The van der Waals surface area contributed by atoms with E-state index in [0.717, 1.165) is 10.6 Å². The number of methoxy groups -OCH3 is 1. The summed E-state index contributed by atoms with van der Waals surface area (Å²) in [7, 11) is -2.13. The van der Waals surface area contributed by atoms with Crippen LogP contribution in [0.15, 0.2) is 54.6 Å². The van der Waals surface area contributed by atoms with Crippen molar-refractivity contribution in [2.24, 2.45) is 0 Å². The lowest BCUT2D eigenvalue weighted by atomic mass is 10.1. The van der Waals surface area contributed by atoms with Gasteiger partial charge in [-0.2, -0.15) is 0 Å². The summed E-state index contributed by atoms with van der Waals surface area (Å²) in [6.07, 6.45) is 1.42. The van der Waals surface area contributed by atoms with Gasteiger partial charge < -0.3 is 10.1 Å². The summed E-state index contributed by atoms with van der Waals surface area (Å²) in [5.74, 6) is 0.0950. The second kappa shape index (κ2) is 8.02. The van der Waals surface area contributed by atoms with Crippen molar-refractivity contribution in [1.82, 2.24) is 0 Å². The zero-order valence-electron chi connectivity index (χ0n) is 14.5. The lowest BCUT2D eigenvalue weighted by molar-refractivity contribution is -0.117. The molecule has 25 heavy (non-hydrogen) atoms. The van der Waals surface area contributed by atoms with Gasteiger partial charge in [0.15, 0.2) is 0 Å². The molecule has 0 radical (unpaired) electrons. The fraction of sp³-hybridized carbons (Fsp3) is 0.278. The van der Waals surface area contributed by atoms with E-state index >= 15 is 0 Å². The molecule has 1 atom stereocenters. The third-order valence-corrected chi connectivity index (χ3v) is 4.89. The lowest BCUT2D eigenvalue weighted by Crippen LogP contribution is -2.47. The van der Waals surface area contributed by atoms with Crippen LogP contribution in [0.3, 0.4) is 0 Å². The third-order valence-electron chi connectivity index (χ3n) is 3.71. The summed E-state index contributed by atoms with van der Waals surface area (Å²) >= 11 is 0. The van der Waals surface area contributed by atoms with Crippen LogP contribution in [0.5, 0.6) is 5.75 Å². The number of ether oxygens (including phenoxy) is 1. The smallest absolute Gasteiger partial charge is 0.248 e. The molecule has 0 aromatic heterocycles. The maximum absolute atomic E-state index is 12.8. The van der Waals surface area contributed by atoms with Crippen LogP contribution in [0, 0.1) is 0 Å². The molecule has 134 valence electrons. The van der Waals surface area contributed by atoms with Crippen molar-refractivity contribution in [2.45, 2.75) is 19.4 Å². The summed E-state index contributed by atoms with van der Waals surface area (Å²) in [5, 5.41) is 2.76. The molecule has 0 spiro atoms. The van der Waals surface area contributed by atoms with Crippen molar-refractivity contribution in [3.63, 3.8) is 0 Å². The van der Waals surface area contributed by atoms with Gasteiger partial charge in [0, 0.05) is 0 Å². The molecule has 7 heteroatoms. The van der Waals surface area contributed by atoms with Gasteiger partial charge in [0.05, 0.1) is 24.7 Å². The van der Waals surface area contributed by atoms with E-state index in [0.29, 0.717) is 23.5 Å². The molecule has 0 bridgehead atoms. The standard InChI is InChI=1S/C18H22N2O4S/c1-4-16(18(21)19-15-12-8-9-13-17(15)24-2)20(25(3,22)23)14-10-6-5-7-11-14/h5-13,16H,4H2,1-3H3,(H,19,21)/t16-/m0/s1. The van der Waals surface area contributed by atoms with Crippen molar-refractivity contribution in [1.29, 1.82) is 0 Å². The molecule has 0 unspecified atom stereocenters. The number of carbonyl (C=O) groups is 1. The zero-order valence-corrected chi connectivity index (χ0v) is 15.3. The van der Waals surface area contributed by atoms with Crippen LogP contribution in [0.4, 0.5) is 11.4 Å². The van der Waals surface area contributed by atoms with Gasteiger partial charge in [-0.1, -0.05) is 37.3 Å². The summed E-state index contributed by atoms with van der Waals surface area (Å²) < 4.78 is 31.0. The Morgan fingerprint density at radius 1 is 1.12 bits per heavy atom. The van der Waals surface area contributed by atoms with Crippen molar-refractivity contribution < 1.29 is 17.9 Å². The van der Waals surface area contributed by atoms with Crippen molar-refractivity contribution in [2.75, 3.05) is 23.0 Å².